The molecule has 0 fully saturated rings. The highest BCUT2D eigenvalue weighted by atomic mass is 35.5. The second-order valence-electron chi connectivity index (χ2n) is 2.65. The van der Waals surface area contributed by atoms with E-state index in [-0.39, 0.29) is 12.5 Å². The topological polar surface area (TPSA) is 43.4 Å². The van der Waals surface area contributed by atoms with E-state index in [1.54, 1.807) is 19.1 Å². The number of halogens is 1. The zero-order valence-electron chi connectivity index (χ0n) is 8.58. The minimum Gasteiger partial charge on any atom is -0.460 e. The fraction of sp³-hybridized carbons (Fsp3) is 0.273. The van der Waals surface area contributed by atoms with Crippen molar-refractivity contribution in [2.45, 2.75) is 6.92 Å². The molecule has 5 heteroatoms. The minimum atomic E-state index is -0.832. The van der Waals surface area contributed by atoms with Crippen molar-refractivity contribution < 1.29 is 14.3 Å². The number of ketones is 1. The fourth-order valence-electron chi connectivity index (χ4n) is 0.945. The molecular weight excluding hydrogens is 248 g/mol. The summed E-state index contributed by atoms with van der Waals surface area (Å²) < 4.78 is 4.61. The molecule has 0 aliphatic carbocycles. The Hall–Kier alpha value is -1.31. The number of alkyl halides is 1. The molecule has 0 N–H and O–H groups in total. The van der Waals surface area contributed by atoms with Gasteiger partial charge in [-0.15, -0.1) is 22.9 Å². The van der Waals surface area contributed by atoms with Crippen LogP contribution in [0.1, 0.15) is 21.5 Å². The highest BCUT2D eigenvalue weighted by Gasteiger charge is 2.18. The molecule has 0 radical (unpaired) electrons. The predicted molar refractivity (Wildman–Crippen MR) is 62.9 cm³/mol. The summed E-state index contributed by atoms with van der Waals surface area (Å²) in [6, 6.07) is 3.23. The van der Waals surface area contributed by atoms with Crippen molar-refractivity contribution in [3.8, 4) is 11.8 Å². The molecule has 0 unspecified atom stereocenters. The third-order valence-electron chi connectivity index (χ3n) is 1.57. The molecule has 0 aliphatic rings. The third kappa shape index (κ3) is 3.37. The lowest BCUT2D eigenvalue weighted by atomic mass is 10.3. The Morgan fingerprint density at radius 1 is 1.50 bits per heavy atom. The molecule has 0 aromatic carbocycles. The van der Waals surface area contributed by atoms with Gasteiger partial charge in [0.25, 0.3) is 5.78 Å². The summed E-state index contributed by atoms with van der Waals surface area (Å²) >= 11 is 6.55. The van der Waals surface area contributed by atoms with Crippen LogP contribution in [-0.4, -0.2) is 24.2 Å². The summed E-state index contributed by atoms with van der Waals surface area (Å²) in [5.74, 6) is 4.21. The Morgan fingerprint density at radius 3 is 2.88 bits per heavy atom. The summed E-state index contributed by atoms with van der Waals surface area (Å²) in [4.78, 5) is 23.7. The highest BCUT2D eigenvalue weighted by Crippen LogP contribution is 2.16. The van der Waals surface area contributed by atoms with E-state index in [1.807, 2.05) is 0 Å². The van der Waals surface area contributed by atoms with Gasteiger partial charge in [0.15, 0.2) is 0 Å². The quantitative estimate of drug-likeness (QED) is 0.273. The number of carbonyl (C=O) groups excluding carboxylic acids is 2. The maximum Gasteiger partial charge on any atom is 0.380 e. The first-order chi connectivity index (χ1) is 7.69. The Bertz CT molecular complexity index is 453. The number of Topliss-reactive ketones (excluding diaryl/α,β-unsaturated/α-hetero) is 1. The zero-order chi connectivity index (χ0) is 12.0. The van der Waals surface area contributed by atoms with Crippen LogP contribution in [0, 0.1) is 11.8 Å². The van der Waals surface area contributed by atoms with Crippen molar-refractivity contribution in [1.82, 2.24) is 0 Å². The van der Waals surface area contributed by atoms with Gasteiger partial charge >= 0.3 is 5.97 Å². The van der Waals surface area contributed by atoms with E-state index in [0.29, 0.717) is 9.75 Å². The van der Waals surface area contributed by atoms with Crippen molar-refractivity contribution >= 4 is 34.7 Å². The number of thiophene rings is 1. The van der Waals surface area contributed by atoms with E-state index in [2.05, 4.69) is 16.6 Å². The number of rotatable bonds is 3. The van der Waals surface area contributed by atoms with Gasteiger partial charge in [0, 0.05) is 0 Å². The van der Waals surface area contributed by atoms with Crippen LogP contribution in [0.25, 0.3) is 0 Å². The van der Waals surface area contributed by atoms with E-state index >= 15 is 0 Å². The van der Waals surface area contributed by atoms with Crippen LogP contribution in [0.4, 0.5) is 0 Å². The molecule has 84 valence electrons. The molecule has 1 heterocycles. The van der Waals surface area contributed by atoms with Crippen molar-refractivity contribution in [1.29, 1.82) is 0 Å². The fourth-order valence-corrected chi connectivity index (χ4v) is 1.82. The van der Waals surface area contributed by atoms with Crippen molar-refractivity contribution in [3.05, 3.63) is 21.9 Å². The number of hydrogen-bond donors (Lipinski definition) is 0. The van der Waals surface area contributed by atoms with E-state index in [1.165, 1.54) is 0 Å². The van der Waals surface area contributed by atoms with Gasteiger partial charge in [-0.05, 0) is 19.1 Å². The van der Waals surface area contributed by atoms with Gasteiger partial charge in [0.2, 0.25) is 0 Å². The SMILES string of the molecule is CCOC(=O)C(=O)c1ccc(C#CCCl)s1. The van der Waals surface area contributed by atoms with Gasteiger partial charge in [-0.1, -0.05) is 11.8 Å². The molecule has 3 nitrogen and oxygen atoms in total. The van der Waals surface area contributed by atoms with Crippen molar-refractivity contribution in [3.63, 3.8) is 0 Å². The first-order valence-corrected chi connectivity index (χ1v) is 5.90. The van der Waals surface area contributed by atoms with Crippen LogP contribution >= 0.6 is 22.9 Å². The number of hydrogen-bond acceptors (Lipinski definition) is 4. The molecule has 0 spiro atoms. The van der Waals surface area contributed by atoms with Gasteiger partial charge in [-0.25, -0.2) is 4.79 Å². The van der Waals surface area contributed by atoms with E-state index in [4.69, 9.17) is 11.6 Å². The lowest BCUT2D eigenvalue weighted by Crippen LogP contribution is -2.16. The predicted octanol–water partition coefficient (Wildman–Crippen LogP) is 2.08. The van der Waals surface area contributed by atoms with Gasteiger partial charge in [-0.3, -0.25) is 4.79 Å². The van der Waals surface area contributed by atoms with E-state index in [0.717, 1.165) is 11.3 Å². The van der Waals surface area contributed by atoms with Crippen LogP contribution in [0.3, 0.4) is 0 Å². The molecular formula is C11H9ClO3S. The van der Waals surface area contributed by atoms with Crippen molar-refractivity contribution in [2.24, 2.45) is 0 Å². The monoisotopic (exact) mass is 256 g/mol. The Morgan fingerprint density at radius 2 is 2.25 bits per heavy atom. The smallest absolute Gasteiger partial charge is 0.380 e. The maximum atomic E-state index is 11.5. The molecule has 0 aliphatic heterocycles. The lowest BCUT2D eigenvalue weighted by Gasteiger charge is -1.96. The Kier molecular flexibility index (Phi) is 5.03. The minimum absolute atomic E-state index is 0.189. The Labute approximate surface area is 102 Å². The molecule has 0 bridgehead atoms. The molecule has 0 amide bonds. The first kappa shape index (κ1) is 12.8. The molecule has 1 aromatic rings. The molecule has 1 aromatic heterocycles. The van der Waals surface area contributed by atoms with Crippen LogP contribution in [-0.2, 0) is 9.53 Å². The van der Waals surface area contributed by atoms with Crippen molar-refractivity contribution in [2.75, 3.05) is 12.5 Å². The molecule has 0 saturated heterocycles. The summed E-state index contributed by atoms with van der Waals surface area (Å²) in [5.41, 5.74) is 0. The third-order valence-corrected chi connectivity index (χ3v) is 2.70. The maximum absolute atomic E-state index is 11.5. The zero-order valence-corrected chi connectivity index (χ0v) is 10.2. The normalized spacial score (nSPS) is 9.12. The summed E-state index contributed by atoms with van der Waals surface area (Å²) in [7, 11) is 0. The van der Waals surface area contributed by atoms with Gasteiger partial charge in [0.1, 0.15) is 0 Å². The summed E-state index contributed by atoms with van der Waals surface area (Å²) in [6.45, 7) is 1.84. The van der Waals surface area contributed by atoms with Crippen LogP contribution in [0.15, 0.2) is 12.1 Å². The van der Waals surface area contributed by atoms with E-state index in [9.17, 15) is 9.59 Å². The summed E-state index contributed by atoms with van der Waals surface area (Å²) in [6.07, 6.45) is 0. The Balaban J connectivity index is 2.78. The first-order valence-electron chi connectivity index (χ1n) is 4.55. The molecule has 16 heavy (non-hydrogen) atoms. The highest BCUT2D eigenvalue weighted by molar-refractivity contribution is 7.15. The second kappa shape index (κ2) is 6.31. The number of ether oxygens (including phenoxy) is 1. The van der Waals surface area contributed by atoms with Crippen LogP contribution in [0.5, 0.6) is 0 Å². The average Bonchev–Trinajstić information content (AvgIpc) is 2.74. The molecule has 1 rings (SSSR count). The van der Waals surface area contributed by atoms with Gasteiger partial charge in [-0.2, -0.15) is 0 Å². The van der Waals surface area contributed by atoms with Crippen LogP contribution < -0.4 is 0 Å². The van der Waals surface area contributed by atoms with Gasteiger partial charge < -0.3 is 4.74 Å². The largest absolute Gasteiger partial charge is 0.460 e. The van der Waals surface area contributed by atoms with E-state index < -0.39 is 11.8 Å². The molecule has 0 atom stereocenters. The lowest BCUT2D eigenvalue weighted by molar-refractivity contribution is -0.137. The van der Waals surface area contributed by atoms with Gasteiger partial charge in [0.05, 0.1) is 22.2 Å². The standard InChI is InChI=1S/C11H9ClO3S/c1-2-15-11(14)10(13)9-6-5-8(16-9)4-3-7-12/h5-6H,2,7H2,1H3. The second-order valence-corrected chi connectivity index (χ2v) is 4.00. The van der Waals surface area contributed by atoms with Crippen LogP contribution in [0.2, 0.25) is 0 Å². The number of carbonyl (C=O) groups is 2. The average molecular weight is 257 g/mol. The molecule has 0 saturated carbocycles. The number of esters is 1. The summed E-state index contributed by atoms with van der Waals surface area (Å²) in [5, 5.41) is 0.